The molecule has 1 aliphatic heterocycles. The number of hydrogen-bond acceptors (Lipinski definition) is 2. The molecule has 1 saturated heterocycles. The fourth-order valence-electron chi connectivity index (χ4n) is 2.37. The van der Waals surface area contributed by atoms with Gasteiger partial charge in [-0.1, -0.05) is 12.2 Å². The zero-order valence-electron chi connectivity index (χ0n) is 7.92. The number of rotatable bonds is 1. The van der Waals surface area contributed by atoms with Gasteiger partial charge < -0.3 is 10.6 Å². The van der Waals surface area contributed by atoms with Crippen molar-refractivity contribution in [2.75, 3.05) is 13.1 Å². The van der Waals surface area contributed by atoms with Gasteiger partial charge >= 0.3 is 0 Å². The Morgan fingerprint density at radius 1 is 1.54 bits per heavy atom. The van der Waals surface area contributed by atoms with Crippen LogP contribution in [0.25, 0.3) is 0 Å². The van der Waals surface area contributed by atoms with Gasteiger partial charge in [0.1, 0.15) is 0 Å². The van der Waals surface area contributed by atoms with E-state index in [1.165, 1.54) is 0 Å². The molecule has 0 saturated carbocycles. The number of amides is 1. The predicted molar refractivity (Wildman–Crippen MR) is 51.2 cm³/mol. The first kappa shape index (κ1) is 8.75. The van der Waals surface area contributed by atoms with Crippen molar-refractivity contribution in [2.45, 2.75) is 19.4 Å². The van der Waals surface area contributed by atoms with E-state index in [4.69, 9.17) is 0 Å². The van der Waals surface area contributed by atoms with Crippen molar-refractivity contribution in [3.05, 3.63) is 12.2 Å². The summed E-state index contributed by atoms with van der Waals surface area (Å²) in [6, 6.07) is 0.350. The Morgan fingerprint density at radius 2 is 2.38 bits per heavy atom. The maximum Gasteiger partial charge on any atom is 0.217 e. The molecule has 2 N–H and O–H groups in total. The molecule has 2 aliphatic rings. The van der Waals surface area contributed by atoms with E-state index in [1.807, 2.05) is 0 Å². The summed E-state index contributed by atoms with van der Waals surface area (Å²) in [4.78, 5) is 10.9. The molecule has 3 heteroatoms. The summed E-state index contributed by atoms with van der Waals surface area (Å²) in [5.74, 6) is 1.32. The van der Waals surface area contributed by atoms with E-state index in [-0.39, 0.29) is 5.91 Å². The van der Waals surface area contributed by atoms with Crippen molar-refractivity contribution in [1.82, 2.24) is 10.6 Å². The zero-order valence-corrected chi connectivity index (χ0v) is 7.92. The molecule has 0 aromatic rings. The van der Waals surface area contributed by atoms with Gasteiger partial charge in [0.2, 0.25) is 5.91 Å². The summed E-state index contributed by atoms with van der Waals surface area (Å²) in [6.07, 6.45) is 5.46. The third-order valence-electron chi connectivity index (χ3n) is 2.99. The summed E-state index contributed by atoms with van der Waals surface area (Å²) >= 11 is 0. The molecule has 2 rings (SSSR count). The molecule has 0 bridgehead atoms. The van der Waals surface area contributed by atoms with Gasteiger partial charge in [-0.05, 0) is 18.3 Å². The lowest BCUT2D eigenvalue weighted by Gasteiger charge is -2.29. The minimum absolute atomic E-state index is 0.0888. The third-order valence-corrected chi connectivity index (χ3v) is 2.99. The zero-order chi connectivity index (χ0) is 9.26. The van der Waals surface area contributed by atoms with Gasteiger partial charge in [0, 0.05) is 26.1 Å². The van der Waals surface area contributed by atoms with E-state index >= 15 is 0 Å². The van der Waals surface area contributed by atoms with Gasteiger partial charge in [0.25, 0.3) is 0 Å². The summed E-state index contributed by atoms with van der Waals surface area (Å²) in [6.45, 7) is 3.70. The normalized spacial score (nSPS) is 37.2. The average Bonchev–Trinajstić information content (AvgIpc) is 2.51. The van der Waals surface area contributed by atoms with E-state index in [0.717, 1.165) is 19.5 Å². The largest absolute Gasteiger partial charge is 0.353 e. The van der Waals surface area contributed by atoms with Crippen LogP contribution in [0.5, 0.6) is 0 Å². The highest BCUT2D eigenvalue weighted by Crippen LogP contribution is 2.27. The molecule has 0 spiro atoms. The van der Waals surface area contributed by atoms with E-state index in [2.05, 4.69) is 22.8 Å². The lowest BCUT2D eigenvalue weighted by molar-refractivity contribution is -0.120. The summed E-state index contributed by atoms with van der Waals surface area (Å²) in [5, 5.41) is 6.39. The molecule has 1 heterocycles. The van der Waals surface area contributed by atoms with E-state index in [1.54, 1.807) is 6.92 Å². The summed E-state index contributed by atoms with van der Waals surface area (Å²) in [5.41, 5.74) is 0. The van der Waals surface area contributed by atoms with Crippen molar-refractivity contribution >= 4 is 5.91 Å². The SMILES string of the molecule is CC(=O)N[C@@H]1CC=CC2CNC[C@H]21. The van der Waals surface area contributed by atoms with Crippen LogP contribution in [0.1, 0.15) is 13.3 Å². The summed E-state index contributed by atoms with van der Waals surface area (Å²) < 4.78 is 0. The first-order valence-electron chi connectivity index (χ1n) is 4.92. The van der Waals surface area contributed by atoms with Crippen LogP contribution >= 0.6 is 0 Å². The van der Waals surface area contributed by atoms with E-state index in [9.17, 15) is 4.79 Å². The van der Waals surface area contributed by atoms with Gasteiger partial charge in [-0.25, -0.2) is 0 Å². The Bertz CT molecular complexity index is 237. The van der Waals surface area contributed by atoms with Crippen molar-refractivity contribution in [3.63, 3.8) is 0 Å². The molecular weight excluding hydrogens is 164 g/mol. The van der Waals surface area contributed by atoms with Gasteiger partial charge in [-0.2, -0.15) is 0 Å². The maximum atomic E-state index is 10.9. The second kappa shape index (κ2) is 3.50. The molecular formula is C10H16N2O. The van der Waals surface area contributed by atoms with Gasteiger partial charge in [-0.3, -0.25) is 4.79 Å². The molecule has 1 aliphatic carbocycles. The third kappa shape index (κ3) is 1.75. The Morgan fingerprint density at radius 3 is 3.15 bits per heavy atom. The molecule has 72 valence electrons. The quantitative estimate of drug-likeness (QED) is 0.569. The molecule has 1 fully saturated rings. The average molecular weight is 180 g/mol. The van der Waals surface area contributed by atoms with Crippen LogP contribution in [-0.4, -0.2) is 25.0 Å². The second-order valence-corrected chi connectivity index (χ2v) is 3.96. The Hall–Kier alpha value is -0.830. The van der Waals surface area contributed by atoms with Crippen LogP contribution in [0.4, 0.5) is 0 Å². The van der Waals surface area contributed by atoms with Crippen LogP contribution in [0, 0.1) is 11.8 Å². The molecule has 13 heavy (non-hydrogen) atoms. The van der Waals surface area contributed by atoms with Crippen molar-refractivity contribution in [1.29, 1.82) is 0 Å². The number of carbonyl (C=O) groups excluding carboxylic acids is 1. The maximum absolute atomic E-state index is 10.9. The molecule has 0 radical (unpaired) electrons. The predicted octanol–water partition coefficient (Wildman–Crippen LogP) is 0.287. The Kier molecular flexibility index (Phi) is 2.36. The molecule has 1 unspecified atom stereocenters. The lowest BCUT2D eigenvalue weighted by Crippen LogP contribution is -2.43. The Balaban J connectivity index is 2.03. The highest BCUT2D eigenvalue weighted by atomic mass is 16.1. The standard InChI is InChI=1S/C10H16N2O/c1-7(13)12-10-4-2-3-8-5-11-6-9(8)10/h2-3,8-11H,4-6H2,1H3,(H,12,13)/t8?,9-,10-/m1/s1. The monoisotopic (exact) mass is 180 g/mol. The van der Waals surface area contributed by atoms with Gasteiger partial charge in [0.15, 0.2) is 0 Å². The second-order valence-electron chi connectivity index (χ2n) is 3.96. The Labute approximate surface area is 78.6 Å². The van der Waals surface area contributed by atoms with E-state index < -0.39 is 0 Å². The number of fused-ring (bicyclic) bond motifs is 1. The number of hydrogen-bond donors (Lipinski definition) is 2. The van der Waals surface area contributed by atoms with Gasteiger partial charge in [0.05, 0.1) is 0 Å². The van der Waals surface area contributed by atoms with Crippen LogP contribution < -0.4 is 10.6 Å². The molecule has 3 nitrogen and oxygen atoms in total. The highest BCUT2D eigenvalue weighted by molar-refractivity contribution is 5.73. The minimum atomic E-state index is 0.0888. The van der Waals surface area contributed by atoms with Crippen LogP contribution in [-0.2, 0) is 4.79 Å². The van der Waals surface area contributed by atoms with Crippen molar-refractivity contribution < 1.29 is 4.79 Å². The van der Waals surface area contributed by atoms with Crippen LogP contribution in [0.3, 0.4) is 0 Å². The van der Waals surface area contributed by atoms with Crippen molar-refractivity contribution in [3.8, 4) is 0 Å². The molecule has 0 aromatic carbocycles. The minimum Gasteiger partial charge on any atom is -0.353 e. The first-order valence-corrected chi connectivity index (χ1v) is 4.92. The fraction of sp³-hybridized carbons (Fsp3) is 0.700. The van der Waals surface area contributed by atoms with Gasteiger partial charge in [-0.15, -0.1) is 0 Å². The topological polar surface area (TPSA) is 41.1 Å². The number of carbonyl (C=O) groups is 1. The van der Waals surface area contributed by atoms with Crippen LogP contribution in [0.15, 0.2) is 12.2 Å². The van der Waals surface area contributed by atoms with E-state index in [0.29, 0.717) is 17.9 Å². The molecule has 1 amide bonds. The molecule has 3 atom stereocenters. The fourth-order valence-corrected chi connectivity index (χ4v) is 2.37. The lowest BCUT2D eigenvalue weighted by atomic mass is 9.83. The van der Waals surface area contributed by atoms with Crippen molar-refractivity contribution in [2.24, 2.45) is 11.8 Å². The smallest absolute Gasteiger partial charge is 0.217 e. The number of nitrogens with one attached hydrogen (secondary N) is 2. The van der Waals surface area contributed by atoms with Crippen LogP contribution in [0.2, 0.25) is 0 Å². The highest BCUT2D eigenvalue weighted by Gasteiger charge is 2.34. The summed E-state index contributed by atoms with van der Waals surface area (Å²) in [7, 11) is 0. The first-order chi connectivity index (χ1) is 6.27. The molecule has 0 aromatic heterocycles.